The maximum atomic E-state index is 12.2. The molecule has 0 radical (unpaired) electrons. The van der Waals surface area contributed by atoms with Gasteiger partial charge in [-0.05, 0) is 24.8 Å². The zero-order valence-electron chi connectivity index (χ0n) is 18.9. The Morgan fingerprint density at radius 1 is 1.27 bits per heavy atom. The van der Waals surface area contributed by atoms with Gasteiger partial charge in [0.25, 0.3) is 0 Å². The van der Waals surface area contributed by atoms with Crippen molar-refractivity contribution >= 4 is 11.9 Å². The summed E-state index contributed by atoms with van der Waals surface area (Å²) in [6.07, 6.45) is 9.29. The topological polar surface area (TPSA) is 123 Å². The van der Waals surface area contributed by atoms with E-state index in [9.17, 15) is 14.7 Å². The van der Waals surface area contributed by atoms with Crippen LogP contribution in [0, 0.1) is 17.3 Å². The molecule has 1 aromatic heterocycles. The Hall–Kier alpha value is -1.96. The average molecular weight is 423 g/mol. The molecule has 30 heavy (non-hydrogen) atoms. The highest BCUT2D eigenvalue weighted by atomic mass is 16.5. The van der Waals surface area contributed by atoms with Crippen molar-refractivity contribution in [1.82, 2.24) is 15.0 Å². The van der Waals surface area contributed by atoms with E-state index >= 15 is 0 Å². The normalized spacial score (nSPS) is 17.8. The first kappa shape index (κ1) is 24.3. The number of nitrogens with two attached hydrogens (primary N) is 1. The summed E-state index contributed by atoms with van der Waals surface area (Å²) in [7, 11) is 1.75. The van der Waals surface area contributed by atoms with E-state index in [2.05, 4.69) is 10.1 Å². The number of amides is 1. The van der Waals surface area contributed by atoms with Gasteiger partial charge in [0.05, 0.1) is 24.9 Å². The van der Waals surface area contributed by atoms with Crippen LogP contribution in [0.4, 0.5) is 0 Å². The maximum absolute atomic E-state index is 12.2. The fourth-order valence-corrected chi connectivity index (χ4v) is 4.73. The zero-order valence-corrected chi connectivity index (χ0v) is 18.9. The summed E-state index contributed by atoms with van der Waals surface area (Å²) in [5, 5.41) is 14.0. The molecule has 8 nitrogen and oxygen atoms in total. The van der Waals surface area contributed by atoms with Gasteiger partial charge in [-0.1, -0.05) is 70.9 Å². The number of carbonyl (C=O) groups is 2. The summed E-state index contributed by atoms with van der Waals surface area (Å²) in [5.41, 5.74) is 4.78. The van der Waals surface area contributed by atoms with Crippen LogP contribution in [0.1, 0.15) is 89.8 Å². The summed E-state index contributed by atoms with van der Waals surface area (Å²) in [6, 6.07) is 0. The van der Waals surface area contributed by atoms with Crippen LogP contribution >= 0.6 is 0 Å². The van der Waals surface area contributed by atoms with Gasteiger partial charge in [-0.25, -0.2) is 0 Å². The number of carbonyl (C=O) groups excluding carboxylic acids is 1. The lowest BCUT2D eigenvalue weighted by atomic mass is 9.71. The third-order valence-electron chi connectivity index (χ3n) is 6.09. The SMILES string of the molecule is CN(CC(N)=O)Cc1noc([C@H](CCCC2CCCCC2)C(C(=O)O)C(C)(C)C)n1. The molecule has 1 fully saturated rings. The predicted molar refractivity (Wildman–Crippen MR) is 114 cm³/mol. The fourth-order valence-electron chi connectivity index (χ4n) is 4.73. The molecular weight excluding hydrogens is 384 g/mol. The molecule has 8 heteroatoms. The van der Waals surface area contributed by atoms with Gasteiger partial charge >= 0.3 is 5.97 Å². The van der Waals surface area contributed by atoms with Gasteiger partial charge in [0.2, 0.25) is 11.8 Å². The number of carboxylic acids is 1. The second kappa shape index (κ2) is 10.9. The Morgan fingerprint density at radius 3 is 2.50 bits per heavy atom. The van der Waals surface area contributed by atoms with Gasteiger partial charge in [-0.3, -0.25) is 14.5 Å². The number of hydrogen-bond donors (Lipinski definition) is 2. The van der Waals surface area contributed by atoms with Crippen LogP contribution in [0.2, 0.25) is 0 Å². The molecule has 2 rings (SSSR count). The number of nitrogens with zero attached hydrogens (tertiary/aromatic N) is 3. The summed E-state index contributed by atoms with van der Waals surface area (Å²) in [6.45, 7) is 6.23. The van der Waals surface area contributed by atoms with Crippen molar-refractivity contribution in [1.29, 1.82) is 0 Å². The highest BCUT2D eigenvalue weighted by Gasteiger charge is 2.41. The molecule has 2 atom stereocenters. The van der Waals surface area contributed by atoms with Crippen molar-refractivity contribution in [3.05, 3.63) is 11.7 Å². The van der Waals surface area contributed by atoms with Crippen LogP contribution in [0.25, 0.3) is 0 Å². The van der Waals surface area contributed by atoms with E-state index in [0.717, 1.165) is 18.8 Å². The van der Waals surface area contributed by atoms with Gasteiger partial charge in [0.1, 0.15) is 0 Å². The second-order valence-electron chi connectivity index (χ2n) is 9.91. The number of likely N-dealkylation sites (N-methyl/N-ethyl adjacent to an activating group) is 1. The Bertz CT molecular complexity index is 692. The first-order chi connectivity index (χ1) is 14.1. The Morgan fingerprint density at radius 2 is 1.93 bits per heavy atom. The van der Waals surface area contributed by atoms with Crippen LogP contribution in [0.15, 0.2) is 4.52 Å². The molecule has 0 saturated heterocycles. The molecule has 1 unspecified atom stereocenters. The van der Waals surface area contributed by atoms with Crippen LogP contribution in [-0.4, -0.2) is 45.6 Å². The van der Waals surface area contributed by atoms with E-state index in [1.54, 1.807) is 11.9 Å². The van der Waals surface area contributed by atoms with Gasteiger partial charge in [0, 0.05) is 0 Å². The van der Waals surface area contributed by atoms with E-state index in [4.69, 9.17) is 10.3 Å². The molecule has 1 saturated carbocycles. The first-order valence-electron chi connectivity index (χ1n) is 11.1. The first-order valence-corrected chi connectivity index (χ1v) is 11.1. The molecule has 1 amide bonds. The Labute approximate surface area is 179 Å². The molecule has 1 aliphatic rings. The second-order valence-corrected chi connectivity index (χ2v) is 9.91. The minimum Gasteiger partial charge on any atom is -0.481 e. The smallest absolute Gasteiger partial charge is 0.307 e. The van der Waals surface area contributed by atoms with Gasteiger partial charge < -0.3 is 15.4 Å². The minimum atomic E-state index is -0.837. The molecule has 0 aliphatic heterocycles. The van der Waals surface area contributed by atoms with E-state index in [-0.39, 0.29) is 12.5 Å². The Kier molecular flexibility index (Phi) is 8.82. The third kappa shape index (κ3) is 7.38. The summed E-state index contributed by atoms with van der Waals surface area (Å²) >= 11 is 0. The van der Waals surface area contributed by atoms with Crippen LogP contribution in [0.3, 0.4) is 0 Å². The Balaban J connectivity index is 2.13. The number of aromatic nitrogens is 2. The molecular formula is C22H38N4O4. The molecule has 170 valence electrons. The molecule has 3 N–H and O–H groups in total. The highest BCUT2D eigenvalue weighted by molar-refractivity contribution is 5.75. The van der Waals surface area contributed by atoms with Crippen molar-refractivity contribution < 1.29 is 19.2 Å². The van der Waals surface area contributed by atoms with Crippen molar-refractivity contribution in [2.24, 2.45) is 23.0 Å². The van der Waals surface area contributed by atoms with Gasteiger partial charge in [0.15, 0.2) is 5.82 Å². The average Bonchev–Trinajstić information content (AvgIpc) is 3.07. The standard InChI is InChI=1S/C22H38N4O4/c1-22(2,3)19(21(28)29)16(12-8-11-15-9-6-5-7-10-15)20-24-18(25-30-20)14-26(4)13-17(23)27/h15-16,19H,5-14H2,1-4H3,(H2,23,27)(H,28,29)/t16-,19?/m1/s1. The molecule has 0 spiro atoms. The summed E-state index contributed by atoms with van der Waals surface area (Å²) < 4.78 is 5.53. The lowest BCUT2D eigenvalue weighted by molar-refractivity contribution is -0.147. The lowest BCUT2D eigenvalue weighted by Crippen LogP contribution is -2.34. The molecule has 1 aromatic rings. The zero-order chi connectivity index (χ0) is 22.3. The number of primary amides is 1. The predicted octanol–water partition coefficient (Wildman–Crippen LogP) is 3.57. The fraction of sp³-hybridized carbons (Fsp3) is 0.818. The van der Waals surface area contributed by atoms with Crippen LogP contribution < -0.4 is 5.73 Å². The van der Waals surface area contributed by atoms with E-state index in [1.807, 2.05) is 20.8 Å². The quantitative estimate of drug-likeness (QED) is 0.559. The summed E-state index contributed by atoms with van der Waals surface area (Å²) in [5.74, 6) is -0.670. The number of aliphatic carboxylic acids is 1. The van der Waals surface area contributed by atoms with Crippen molar-refractivity contribution in [2.45, 2.75) is 84.6 Å². The van der Waals surface area contributed by atoms with Crippen molar-refractivity contribution in [3.63, 3.8) is 0 Å². The highest BCUT2D eigenvalue weighted by Crippen LogP contribution is 2.41. The van der Waals surface area contributed by atoms with Crippen LogP contribution in [-0.2, 0) is 16.1 Å². The molecule has 0 aromatic carbocycles. The number of hydrogen-bond acceptors (Lipinski definition) is 6. The molecule has 0 bridgehead atoms. The minimum absolute atomic E-state index is 0.0917. The van der Waals surface area contributed by atoms with Crippen molar-refractivity contribution in [2.75, 3.05) is 13.6 Å². The van der Waals surface area contributed by atoms with Crippen LogP contribution in [0.5, 0.6) is 0 Å². The van der Waals surface area contributed by atoms with Gasteiger partial charge in [-0.2, -0.15) is 4.98 Å². The lowest BCUT2D eigenvalue weighted by Gasteiger charge is -2.32. The monoisotopic (exact) mass is 422 g/mol. The van der Waals surface area contributed by atoms with Gasteiger partial charge in [-0.15, -0.1) is 0 Å². The number of rotatable bonds is 11. The summed E-state index contributed by atoms with van der Waals surface area (Å²) in [4.78, 5) is 29.5. The third-order valence-corrected chi connectivity index (χ3v) is 6.09. The number of carboxylic acid groups (broad SMARTS) is 1. The van der Waals surface area contributed by atoms with E-state index < -0.39 is 23.2 Å². The van der Waals surface area contributed by atoms with E-state index in [0.29, 0.717) is 24.7 Å². The van der Waals surface area contributed by atoms with Crippen molar-refractivity contribution in [3.8, 4) is 0 Å². The van der Waals surface area contributed by atoms with E-state index in [1.165, 1.54) is 32.1 Å². The molecule has 1 heterocycles. The largest absolute Gasteiger partial charge is 0.481 e. The molecule has 1 aliphatic carbocycles. The maximum Gasteiger partial charge on any atom is 0.307 e.